The van der Waals surface area contributed by atoms with Crippen molar-refractivity contribution in [3.8, 4) is 0 Å². The largest absolute Gasteiger partial charge is 0.396 e. The minimum absolute atomic E-state index is 0.604. The van der Waals surface area contributed by atoms with Crippen molar-refractivity contribution < 1.29 is 4.74 Å². The number of aromatic nitrogens is 2. The van der Waals surface area contributed by atoms with Crippen LogP contribution in [-0.2, 0) is 11.3 Å². The number of nitrogens with zero attached hydrogens (tertiary/aromatic N) is 2. The molecule has 4 nitrogen and oxygen atoms in total. The molecule has 2 N–H and O–H groups in total. The van der Waals surface area contributed by atoms with Gasteiger partial charge in [-0.2, -0.15) is 5.10 Å². The molecule has 0 amide bonds. The Morgan fingerprint density at radius 2 is 2.36 bits per heavy atom. The Hall–Kier alpha value is -1.03. The molecule has 0 bridgehead atoms. The van der Waals surface area contributed by atoms with Gasteiger partial charge in [-0.05, 0) is 20.3 Å². The highest BCUT2D eigenvalue weighted by Gasteiger charge is 2.18. The molecule has 1 saturated heterocycles. The van der Waals surface area contributed by atoms with Gasteiger partial charge in [0.05, 0.1) is 23.7 Å². The minimum atomic E-state index is 0.604. The zero-order valence-corrected chi connectivity index (χ0v) is 8.79. The summed E-state index contributed by atoms with van der Waals surface area (Å²) in [5.41, 5.74) is 8.70. The Morgan fingerprint density at radius 3 is 2.86 bits per heavy atom. The third kappa shape index (κ3) is 1.62. The molecule has 14 heavy (non-hydrogen) atoms. The number of anilines is 1. The van der Waals surface area contributed by atoms with Crippen LogP contribution in [0.15, 0.2) is 0 Å². The third-order valence-electron chi connectivity index (χ3n) is 2.89. The molecule has 1 aliphatic heterocycles. The van der Waals surface area contributed by atoms with Crippen LogP contribution >= 0.6 is 0 Å². The van der Waals surface area contributed by atoms with E-state index < -0.39 is 0 Å². The van der Waals surface area contributed by atoms with Crippen LogP contribution in [0.5, 0.6) is 0 Å². The van der Waals surface area contributed by atoms with Crippen molar-refractivity contribution in [1.82, 2.24) is 9.78 Å². The second-order valence-electron chi connectivity index (χ2n) is 4.00. The SMILES string of the molecule is Cc1nn(CC2CCOC2)c(C)c1N. The van der Waals surface area contributed by atoms with E-state index in [0.29, 0.717) is 5.92 Å². The second kappa shape index (κ2) is 3.61. The highest BCUT2D eigenvalue weighted by molar-refractivity contribution is 5.46. The van der Waals surface area contributed by atoms with Crippen LogP contribution < -0.4 is 5.73 Å². The maximum atomic E-state index is 5.86. The molecular weight excluding hydrogens is 178 g/mol. The van der Waals surface area contributed by atoms with Crippen LogP contribution in [0.3, 0.4) is 0 Å². The molecule has 0 aliphatic carbocycles. The van der Waals surface area contributed by atoms with Gasteiger partial charge >= 0.3 is 0 Å². The molecule has 0 saturated carbocycles. The lowest BCUT2D eigenvalue weighted by atomic mass is 10.1. The van der Waals surface area contributed by atoms with Crippen molar-refractivity contribution in [2.75, 3.05) is 18.9 Å². The minimum Gasteiger partial charge on any atom is -0.396 e. The van der Waals surface area contributed by atoms with E-state index in [4.69, 9.17) is 10.5 Å². The number of rotatable bonds is 2. The average molecular weight is 195 g/mol. The number of hydrogen-bond acceptors (Lipinski definition) is 3. The number of ether oxygens (including phenoxy) is 1. The molecular formula is C10H17N3O. The molecule has 0 aromatic carbocycles. The van der Waals surface area contributed by atoms with Gasteiger partial charge in [0.1, 0.15) is 0 Å². The van der Waals surface area contributed by atoms with Crippen LogP contribution in [0.2, 0.25) is 0 Å². The van der Waals surface area contributed by atoms with E-state index in [1.807, 2.05) is 18.5 Å². The maximum Gasteiger partial charge on any atom is 0.0825 e. The number of nitrogen functional groups attached to an aromatic ring is 1. The fourth-order valence-electron chi connectivity index (χ4n) is 1.86. The van der Waals surface area contributed by atoms with Crippen molar-refractivity contribution in [3.05, 3.63) is 11.4 Å². The fraction of sp³-hybridized carbons (Fsp3) is 0.700. The van der Waals surface area contributed by atoms with Crippen LogP contribution in [-0.4, -0.2) is 23.0 Å². The summed E-state index contributed by atoms with van der Waals surface area (Å²) in [4.78, 5) is 0. The van der Waals surface area contributed by atoms with Gasteiger partial charge in [0.15, 0.2) is 0 Å². The monoisotopic (exact) mass is 195 g/mol. The van der Waals surface area contributed by atoms with Gasteiger partial charge in [0.2, 0.25) is 0 Å². The number of nitrogens with two attached hydrogens (primary N) is 1. The van der Waals surface area contributed by atoms with Gasteiger partial charge in [-0.25, -0.2) is 0 Å². The molecule has 4 heteroatoms. The summed E-state index contributed by atoms with van der Waals surface area (Å²) >= 11 is 0. The van der Waals surface area contributed by atoms with Gasteiger partial charge in [-0.15, -0.1) is 0 Å². The molecule has 0 spiro atoms. The lowest BCUT2D eigenvalue weighted by Crippen LogP contribution is -2.13. The van der Waals surface area contributed by atoms with Gasteiger partial charge in [0.25, 0.3) is 0 Å². The second-order valence-corrected chi connectivity index (χ2v) is 4.00. The van der Waals surface area contributed by atoms with Gasteiger partial charge in [-0.1, -0.05) is 0 Å². The van der Waals surface area contributed by atoms with Gasteiger partial charge in [0, 0.05) is 19.1 Å². The summed E-state index contributed by atoms with van der Waals surface area (Å²) in [7, 11) is 0. The highest BCUT2D eigenvalue weighted by atomic mass is 16.5. The molecule has 1 unspecified atom stereocenters. The average Bonchev–Trinajstić information content (AvgIpc) is 2.73. The first-order chi connectivity index (χ1) is 6.68. The Morgan fingerprint density at radius 1 is 1.57 bits per heavy atom. The zero-order valence-electron chi connectivity index (χ0n) is 8.79. The molecule has 1 fully saturated rings. The molecule has 1 atom stereocenters. The van der Waals surface area contributed by atoms with Crippen LogP contribution in [0.4, 0.5) is 5.69 Å². The van der Waals surface area contributed by atoms with E-state index in [1.165, 1.54) is 0 Å². The first-order valence-corrected chi connectivity index (χ1v) is 5.05. The first-order valence-electron chi connectivity index (χ1n) is 5.05. The van der Waals surface area contributed by atoms with E-state index in [9.17, 15) is 0 Å². The predicted octanol–water partition coefficient (Wildman–Crippen LogP) is 1.12. The standard InChI is InChI=1S/C10H17N3O/c1-7-10(11)8(2)13(12-7)5-9-3-4-14-6-9/h9H,3-6,11H2,1-2H3. The molecule has 0 radical (unpaired) electrons. The van der Waals surface area contributed by atoms with E-state index >= 15 is 0 Å². The van der Waals surface area contributed by atoms with E-state index in [-0.39, 0.29) is 0 Å². The van der Waals surface area contributed by atoms with Gasteiger partial charge in [-0.3, -0.25) is 4.68 Å². The summed E-state index contributed by atoms with van der Waals surface area (Å²) in [6.07, 6.45) is 1.14. The topological polar surface area (TPSA) is 53.1 Å². The van der Waals surface area contributed by atoms with Crippen LogP contribution in [0.1, 0.15) is 17.8 Å². The van der Waals surface area contributed by atoms with Crippen LogP contribution in [0.25, 0.3) is 0 Å². The summed E-state index contributed by atoms with van der Waals surface area (Å²) < 4.78 is 7.34. The Labute approximate surface area is 84.0 Å². The summed E-state index contributed by atoms with van der Waals surface area (Å²) in [6, 6.07) is 0. The smallest absolute Gasteiger partial charge is 0.0825 e. The Kier molecular flexibility index (Phi) is 2.46. The Bertz CT molecular complexity index is 326. The van der Waals surface area contributed by atoms with Gasteiger partial charge < -0.3 is 10.5 Å². The zero-order chi connectivity index (χ0) is 10.1. The molecule has 1 aromatic rings. The van der Waals surface area contributed by atoms with Crippen molar-refractivity contribution >= 4 is 5.69 Å². The third-order valence-corrected chi connectivity index (χ3v) is 2.89. The van der Waals surface area contributed by atoms with E-state index in [2.05, 4.69) is 5.10 Å². The highest BCUT2D eigenvalue weighted by Crippen LogP contribution is 2.19. The number of aryl methyl sites for hydroxylation is 1. The fourth-order valence-corrected chi connectivity index (χ4v) is 1.86. The summed E-state index contributed by atoms with van der Waals surface area (Å²) in [5, 5.41) is 4.41. The molecule has 1 aliphatic rings. The molecule has 2 heterocycles. The van der Waals surface area contributed by atoms with Crippen molar-refractivity contribution in [1.29, 1.82) is 0 Å². The first kappa shape index (κ1) is 9.52. The quantitative estimate of drug-likeness (QED) is 0.769. The molecule has 78 valence electrons. The van der Waals surface area contributed by atoms with E-state index in [0.717, 1.165) is 43.3 Å². The lowest BCUT2D eigenvalue weighted by molar-refractivity contribution is 0.181. The van der Waals surface area contributed by atoms with Crippen LogP contribution in [0, 0.1) is 19.8 Å². The van der Waals surface area contributed by atoms with E-state index in [1.54, 1.807) is 0 Å². The molecule has 1 aromatic heterocycles. The normalized spacial score (nSPS) is 21.7. The predicted molar refractivity (Wildman–Crippen MR) is 55.0 cm³/mol. The van der Waals surface area contributed by atoms with Crippen molar-refractivity contribution in [2.24, 2.45) is 5.92 Å². The van der Waals surface area contributed by atoms with Crippen molar-refractivity contribution in [2.45, 2.75) is 26.8 Å². The van der Waals surface area contributed by atoms with Crippen molar-refractivity contribution in [3.63, 3.8) is 0 Å². The lowest BCUT2D eigenvalue weighted by Gasteiger charge is -2.09. The maximum absolute atomic E-state index is 5.86. The molecule has 2 rings (SSSR count). The summed E-state index contributed by atoms with van der Waals surface area (Å²) in [6.45, 7) is 6.65. The summed E-state index contributed by atoms with van der Waals surface area (Å²) in [5.74, 6) is 0.604. The Balaban J connectivity index is 2.12. The number of hydrogen-bond donors (Lipinski definition) is 1.